The number of rotatable bonds is 5. The van der Waals surface area contributed by atoms with Crippen LogP contribution in [0, 0.1) is 0 Å². The van der Waals surface area contributed by atoms with Crippen molar-refractivity contribution in [2.24, 2.45) is 5.73 Å². The Balaban J connectivity index is 0.00000220. The van der Waals surface area contributed by atoms with E-state index in [2.05, 4.69) is 4.90 Å². The van der Waals surface area contributed by atoms with Crippen LogP contribution in [0.2, 0.25) is 0 Å². The second kappa shape index (κ2) is 11.5. The summed E-state index contributed by atoms with van der Waals surface area (Å²) in [6.45, 7) is 4.30. The first kappa shape index (κ1) is 21.9. The van der Waals surface area contributed by atoms with E-state index >= 15 is 0 Å². The fraction of sp³-hybridized carbons (Fsp3) is 0.933. The van der Waals surface area contributed by atoms with Gasteiger partial charge in [0.2, 0.25) is 5.91 Å². The van der Waals surface area contributed by atoms with Crippen molar-refractivity contribution in [3.05, 3.63) is 0 Å². The molecule has 1 aliphatic carbocycles. The van der Waals surface area contributed by atoms with E-state index in [1.165, 1.54) is 25.7 Å². The Bertz CT molecular complexity index is 311. The minimum Gasteiger partial charge on any atom is -0.380 e. The van der Waals surface area contributed by atoms with Crippen LogP contribution in [0.4, 0.5) is 0 Å². The summed E-state index contributed by atoms with van der Waals surface area (Å²) in [4.78, 5) is 16.9. The maximum absolute atomic E-state index is 12.3. The van der Waals surface area contributed by atoms with Gasteiger partial charge in [-0.2, -0.15) is 0 Å². The molecule has 1 saturated carbocycles. The van der Waals surface area contributed by atoms with Crippen LogP contribution < -0.4 is 5.73 Å². The Hall–Kier alpha value is -0.0700. The predicted molar refractivity (Wildman–Crippen MR) is 94.0 cm³/mol. The Morgan fingerprint density at radius 2 is 1.82 bits per heavy atom. The first-order chi connectivity index (χ1) is 9.74. The number of nitrogens with zero attached hydrogens (tertiary/aromatic N) is 2. The highest BCUT2D eigenvalue weighted by Crippen LogP contribution is 2.24. The number of nitrogens with two attached hydrogens (primary N) is 1. The SMILES string of the molecule is COC(CN)CC(=O)N1CCCN(C2CCCC2)CC1.Cl.Cl. The molecular weight excluding hydrogens is 325 g/mol. The van der Waals surface area contributed by atoms with E-state index in [0.717, 1.165) is 38.6 Å². The zero-order valence-electron chi connectivity index (χ0n) is 13.5. The average Bonchev–Trinajstić information content (AvgIpc) is 2.89. The van der Waals surface area contributed by atoms with Crippen LogP contribution in [-0.4, -0.2) is 67.7 Å². The zero-order chi connectivity index (χ0) is 14.4. The van der Waals surface area contributed by atoms with Crippen LogP contribution in [0.15, 0.2) is 0 Å². The fourth-order valence-corrected chi connectivity index (χ4v) is 3.41. The van der Waals surface area contributed by atoms with E-state index in [4.69, 9.17) is 10.5 Å². The third-order valence-electron chi connectivity index (χ3n) is 4.72. The lowest BCUT2D eigenvalue weighted by Gasteiger charge is -2.27. The Kier molecular flexibility index (Phi) is 11.4. The van der Waals surface area contributed by atoms with Gasteiger partial charge in [-0.3, -0.25) is 9.69 Å². The summed E-state index contributed by atoms with van der Waals surface area (Å²) in [6, 6.07) is 0.765. The topological polar surface area (TPSA) is 58.8 Å². The van der Waals surface area contributed by atoms with Crippen LogP contribution in [0.3, 0.4) is 0 Å². The van der Waals surface area contributed by atoms with Gasteiger partial charge in [-0.15, -0.1) is 24.8 Å². The summed E-state index contributed by atoms with van der Waals surface area (Å²) in [5.41, 5.74) is 5.59. The molecule has 5 nitrogen and oxygen atoms in total. The lowest BCUT2D eigenvalue weighted by molar-refractivity contribution is -0.133. The number of carbonyl (C=O) groups is 1. The minimum absolute atomic E-state index is 0. The van der Waals surface area contributed by atoms with Gasteiger partial charge in [0, 0.05) is 45.9 Å². The van der Waals surface area contributed by atoms with Gasteiger partial charge < -0.3 is 15.4 Å². The normalized spacial score (nSPS) is 21.6. The molecule has 0 spiro atoms. The third-order valence-corrected chi connectivity index (χ3v) is 4.72. The van der Waals surface area contributed by atoms with Crippen LogP contribution in [0.25, 0.3) is 0 Å². The van der Waals surface area contributed by atoms with Crippen LogP contribution in [-0.2, 0) is 9.53 Å². The van der Waals surface area contributed by atoms with Gasteiger partial charge in [0.25, 0.3) is 0 Å². The molecule has 2 aliphatic rings. The van der Waals surface area contributed by atoms with E-state index in [1.807, 2.05) is 4.90 Å². The van der Waals surface area contributed by atoms with E-state index < -0.39 is 0 Å². The molecule has 132 valence electrons. The van der Waals surface area contributed by atoms with E-state index in [-0.39, 0.29) is 36.8 Å². The van der Waals surface area contributed by atoms with Crippen LogP contribution in [0.5, 0.6) is 0 Å². The molecule has 2 N–H and O–H groups in total. The smallest absolute Gasteiger partial charge is 0.225 e. The maximum atomic E-state index is 12.3. The largest absolute Gasteiger partial charge is 0.380 e. The predicted octanol–water partition coefficient (Wildman–Crippen LogP) is 1.67. The standard InChI is InChI=1S/C15H29N3O2.2ClH/c1-20-14(12-16)11-15(19)18-8-4-7-17(9-10-18)13-5-2-3-6-13;;/h13-14H,2-12,16H2,1H3;2*1H. The zero-order valence-corrected chi connectivity index (χ0v) is 15.2. The van der Waals surface area contributed by atoms with Crippen LogP contribution >= 0.6 is 24.8 Å². The Morgan fingerprint density at radius 1 is 1.14 bits per heavy atom. The molecule has 7 heteroatoms. The van der Waals surface area contributed by atoms with Crippen molar-refractivity contribution < 1.29 is 9.53 Å². The van der Waals surface area contributed by atoms with Gasteiger partial charge in [-0.1, -0.05) is 12.8 Å². The number of halogens is 2. The number of amides is 1. The van der Waals surface area contributed by atoms with Crippen molar-refractivity contribution in [2.75, 3.05) is 39.8 Å². The highest BCUT2D eigenvalue weighted by molar-refractivity contribution is 5.85. The molecular formula is C15H31Cl2N3O2. The average molecular weight is 356 g/mol. The molecule has 0 aromatic carbocycles. The molecule has 1 unspecified atom stereocenters. The minimum atomic E-state index is -0.142. The highest BCUT2D eigenvalue weighted by atomic mass is 35.5. The Labute approximate surface area is 146 Å². The van der Waals surface area contributed by atoms with Gasteiger partial charge >= 0.3 is 0 Å². The van der Waals surface area contributed by atoms with Gasteiger partial charge in [-0.25, -0.2) is 0 Å². The first-order valence-corrected chi connectivity index (χ1v) is 7.99. The maximum Gasteiger partial charge on any atom is 0.225 e. The van der Waals surface area contributed by atoms with Crippen molar-refractivity contribution in [3.63, 3.8) is 0 Å². The number of hydrogen-bond acceptors (Lipinski definition) is 4. The molecule has 1 saturated heterocycles. The second-order valence-electron chi connectivity index (χ2n) is 6.01. The number of methoxy groups -OCH3 is 1. The van der Waals surface area contributed by atoms with E-state index in [0.29, 0.717) is 13.0 Å². The van der Waals surface area contributed by atoms with Crippen molar-refractivity contribution in [1.29, 1.82) is 0 Å². The molecule has 0 radical (unpaired) electrons. The molecule has 1 aliphatic heterocycles. The quantitative estimate of drug-likeness (QED) is 0.814. The van der Waals surface area contributed by atoms with Crippen LogP contribution in [0.1, 0.15) is 38.5 Å². The summed E-state index contributed by atoms with van der Waals surface area (Å²) in [5, 5.41) is 0. The lowest BCUT2D eigenvalue weighted by Crippen LogP contribution is -2.40. The number of carbonyl (C=O) groups excluding carboxylic acids is 1. The molecule has 1 heterocycles. The first-order valence-electron chi connectivity index (χ1n) is 7.99. The molecule has 0 aromatic rings. The molecule has 2 rings (SSSR count). The fourth-order valence-electron chi connectivity index (χ4n) is 3.41. The summed E-state index contributed by atoms with van der Waals surface area (Å²) in [5.74, 6) is 0.190. The van der Waals surface area contributed by atoms with Crippen molar-refractivity contribution in [1.82, 2.24) is 9.80 Å². The molecule has 22 heavy (non-hydrogen) atoms. The molecule has 2 fully saturated rings. The van der Waals surface area contributed by atoms with Gasteiger partial charge in [-0.05, 0) is 19.3 Å². The molecule has 1 amide bonds. The molecule has 0 aromatic heterocycles. The molecule has 0 bridgehead atoms. The Morgan fingerprint density at radius 3 is 2.41 bits per heavy atom. The van der Waals surface area contributed by atoms with E-state index in [1.54, 1.807) is 7.11 Å². The highest BCUT2D eigenvalue weighted by Gasteiger charge is 2.26. The van der Waals surface area contributed by atoms with Gasteiger partial charge in [0.05, 0.1) is 12.5 Å². The monoisotopic (exact) mass is 355 g/mol. The van der Waals surface area contributed by atoms with Crippen molar-refractivity contribution >= 4 is 30.7 Å². The second-order valence-corrected chi connectivity index (χ2v) is 6.01. The summed E-state index contributed by atoms with van der Waals surface area (Å²) < 4.78 is 5.21. The van der Waals surface area contributed by atoms with E-state index in [9.17, 15) is 4.79 Å². The summed E-state index contributed by atoms with van der Waals surface area (Å²) in [6.07, 6.45) is 6.78. The summed E-state index contributed by atoms with van der Waals surface area (Å²) >= 11 is 0. The third kappa shape index (κ3) is 6.20. The molecule has 1 atom stereocenters. The summed E-state index contributed by atoms with van der Waals surface area (Å²) in [7, 11) is 1.62. The van der Waals surface area contributed by atoms with Crippen molar-refractivity contribution in [2.45, 2.75) is 50.7 Å². The number of hydrogen-bond donors (Lipinski definition) is 1. The lowest BCUT2D eigenvalue weighted by atomic mass is 10.2. The van der Waals surface area contributed by atoms with Gasteiger partial charge in [0.1, 0.15) is 0 Å². The van der Waals surface area contributed by atoms with Crippen molar-refractivity contribution in [3.8, 4) is 0 Å². The van der Waals surface area contributed by atoms with Gasteiger partial charge in [0.15, 0.2) is 0 Å². The number of ether oxygens (including phenoxy) is 1.